The van der Waals surface area contributed by atoms with Gasteiger partial charge in [0.05, 0.1) is 18.8 Å². The summed E-state index contributed by atoms with van der Waals surface area (Å²) in [6, 6.07) is 14.5. The van der Waals surface area contributed by atoms with Crippen LogP contribution in [0.2, 0.25) is 0 Å². The van der Waals surface area contributed by atoms with Crippen LogP contribution in [0.5, 0.6) is 11.5 Å². The van der Waals surface area contributed by atoms with E-state index >= 15 is 0 Å². The highest BCUT2D eigenvalue weighted by Gasteiger charge is 2.13. The second-order valence-electron chi connectivity index (χ2n) is 6.88. The lowest BCUT2D eigenvalue weighted by atomic mass is 10.2. The summed E-state index contributed by atoms with van der Waals surface area (Å²) >= 11 is 5.29. The topological polar surface area (TPSA) is 68.8 Å². The molecule has 2 N–H and O–H groups in total. The van der Waals surface area contributed by atoms with Crippen LogP contribution in [-0.4, -0.2) is 37.4 Å². The first kappa shape index (κ1) is 24.6. The smallest absolute Gasteiger partial charge is 0.261 e. The van der Waals surface area contributed by atoms with E-state index in [-0.39, 0.29) is 11.0 Å². The fourth-order valence-corrected chi connectivity index (χ4v) is 3.03. The van der Waals surface area contributed by atoms with Crippen LogP contribution in [0.1, 0.15) is 49.9 Å². The molecule has 0 saturated carbocycles. The normalized spacial score (nSPS) is 10.4. The van der Waals surface area contributed by atoms with Crippen molar-refractivity contribution in [2.45, 2.75) is 39.5 Å². The molecular weight excluding hydrogens is 412 g/mol. The van der Waals surface area contributed by atoms with Crippen LogP contribution in [0.4, 0.5) is 5.69 Å². The lowest BCUT2D eigenvalue weighted by Crippen LogP contribution is -2.34. The summed E-state index contributed by atoms with van der Waals surface area (Å²) in [4.78, 5) is 12.6. The molecule has 0 spiro atoms. The predicted octanol–water partition coefficient (Wildman–Crippen LogP) is 5.19. The number of hydrogen-bond acceptors (Lipinski definition) is 5. The van der Waals surface area contributed by atoms with Gasteiger partial charge in [0, 0.05) is 12.3 Å². The molecule has 0 aromatic heterocycles. The highest BCUT2D eigenvalue weighted by molar-refractivity contribution is 7.80. The maximum absolute atomic E-state index is 12.6. The van der Waals surface area contributed by atoms with Crippen molar-refractivity contribution in [3.05, 3.63) is 54.1 Å². The lowest BCUT2D eigenvalue weighted by molar-refractivity contribution is 0.0958. The van der Waals surface area contributed by atoms with E-state index in [0.717, 1.165) is 17.9 Å². The molecule has 0 unspecified atom stereocenters. The molecule has 0 bridgehead atoms. The molecular formula is C24H32N2O4S. The number of carbonyl (C=O) groups is 1. The van der Waals surface area contributed by atoms with E-state index in [2.05, 4.69) is 17.6 Å². The molecule has 2 rings (SSSR count). The summed E-state index contributed by atoms with van der Waals surface area (Å²) in [5.74, 6) is 0.967. The van der Waals surface area contributed by atoms with Gasteiger partial charge in [-0.25, -0.2) is 0 Å². The molecule has 7 heteroatoms. The molecule has 31 heavy (non-hydrogen) atoms. The van der Waals surface area contributed by atoms with Gasteiger partial charge in [0.2, 0.25) is 0 Å². The Morgan fingerprint density at radius 2 is 1.68 bits per heavy atom. The Bertz CT molecular complexity index is 811. The van der Waals surface area contributed by atoms with Gasteiger partial charge in [-0.15, -0.1) is 0 Å². The van der Waals surface area contributed by atoms with Crippen molar-refractivity contribution < 1.29 is 19.0 Å². The van der Waals surface area contributed by atoms with Crippen molar-refractivity contribution in [3.8, 4) is 11.5 Å². The zero-order valence-corrected chi connectivity index (χ0v) is 19.1. The third-order valence-electron chi connectivity index (χ3n) is 4.43. The maximum atomic E-state index is 12.6. The zero-order valence-electron chi connectivity index (χ0n) is 18.3. The SMILES string of the molecule is CCCCCCOc1ccc(NC(=S)NC(=O)c2ccccc2OCCOCC)cc1. The van der Waals surface area contributed by atoms with Crippen molar-refractivity contribution in [1.82, 2.24) is 5.32 Å². The Kier molecular flexibility index (Phi) is 11.4. The number of hydrogen-bond donors (Lipinski definition) is 2. The molecule has 6 nitrogen and oxygen atoms in total. The van der Waals surface area contributed by atoms with Crippen LogP contribution in [0.15, 0.2) is 48.5 Å². The zero-order chi connectivity index (χ0) is 22.3. The van der Waals surface area contributed by atoms with Crippen molar-refractivity contribution in [3.63, 3.8) is 0 Å². The number of thiocarbonyl (C=S) groups is 1. The molecule has 0 fully saturated rings. The van der Waals surface area contributed by atoms with Crippen LogP contribution in [-0.2, 0) is 4.74 Å². The summed E-state index contributed by atoms with van der Waals surface area (Å²) in [7, 11) is 0. The van der Waals surface area contributed by atoms with Crippen molar-refractivity contribution in [1.29, 1.82) is 0 Å². The standard InChI is InChI=1S/C24H32N2O4S/c1-3-5-6-9-16-29-20-14-12-19(13-15-20)25-24(31)26-23(27)21-10-7-8-11-22(21)30-18-17-28-4-2/h7-8,10-15H,3-6,9,16-18H2,1-2H3,(H2,25,26,27,31). The Balaban J connectivity index is 1.82. The molecule has 0 saturated heterocycles. The summed E-state index contributed by atoms with van der Waals surface area (Å²) in [6.07, 6.45) is 4.69. The molecule has 168 valence electrons. The highest BCUT2D eigenvalue weighted by atomic mass is 32.1. The number of nitrogens with one attached hydrogen (secondary N) is 2. The second kappa shape index (κ2) is 14.4. The summed E-state index contributed by atoms with van der Waals surface area (Å²) in [6.45, 7) is 6.28. The van der Waals surface area contributed by atoms with Gasteiger partial charge in [-0.05, 0) is 62.0 Å². The quantitative estimate of drug-likeness (QED) is 0.327. The molecule has 0 heterocycles. The minimum absolute atomic E-state index is 0.211. The maximum Gasteiger partial charge on any atom is 0.261 e. The minimum atomic E-state index is -0.337. The fraction of sp³-hybridized carbons (Fsp3) is 0.417. The number of anilines is 1. The first-order valence-electron chi connectivity index (χ1n) is 10.8. The first-order chi connectivity index (χ1) is 15.1. The Labute approximate surface area is 190 Å². The monoisotopic (exact) mass is 444 g/mol. The van der Waals surface area contributed by atoms with Gasteiger partial charge >= 0.3 is 0 Å². The number of rotatable bonds is 13. The van der Waals surface area contributed by atoms with Crippen LogP contribution >= 0.6 is 12.2 Å². The van der Waals surface area contributed by atoms with Gasteiger partial charge in [0.15, 0.2) is 5.11 Å². The van der Waals surface area contributed by atoms with E-state index in [1.54, 1.807) is 18.2 Å². The minimum Gasteiger partial charge on any atom is -0.494 e. The predicted molar refractivity (Wildman–Crippen MR) is 128 cm³/mol. The first-order valence-corrected chi connectivity index (χ1v) is 11.2. The molecule has 0 atom stereocenters. The van der Waals surface area contributed by atoms with Gasteiger partial charge in [0.25, 0.3) is 5.91 Å². The number of ether oxygens (including phenoxy) is 3. The molecule has 0 aliphatic rings. The molecule has 0 aliphatic heterocycles. The largest absolute Gasteiger partial charge is 0.494 e. The van der Waals surface area contributed by atoms with Gasteiger partial charge in [-0.2, -0.15) is 0 Å². The van der Waals surface area contributed by atoms with Gasteiger partial charge < -0.3 is 19.5 Å². The number of benzene rings is 2. The van der Waals surface area contributed by atoms with E-state index in [1.807, 2.05) is 37.3 Å². The molecule has 2 aromatic rings. The number of amides is 1. The highest BCUT2D eigenvalue weighted by Crippen LogP contribution is 2.19. The van der Waals surface area contributed by atoms with Crippen LogP contribution in [0.25, 0.3) is 0 Å². The van der Waals surface area contributed by atoms with Crippen LogP contribution in [0, 0.1) is 0 Å². The Morgan fingerprint density at radius 1 is 0.903 bits per heavy atom. The van der Waals surface area contributed by atoms with Crippen LogP contribution in [0.3, 0.4) is 0 Å². The fourth-order valence-electron chi connectivity index (χ4n) is 2.82. The number of carbonyl (C=O) groups excluding carboxylic acids is 1. The Hall–Kier alpha value is -2.64. The van der Waals surface area contributed by atoms with E-state index in [0.29, 0.717) is 37.7 Å². The summed E-state index contributed by atoms with van der Waals surface area (Å²) < 4.78 is 16.7. The summed E-state index contributed by atoms with van der Waals surface area (Å²) in [5.41, 5.74) is 1.18. The van der Waals surface area contributed by atoms with Crippen molar-refractivity contribution >= 4 is 28.9 Å². The summed E-state index contributed by atoms with van der Waals surface area (Å²) in [5, 5.41) is 5.92. The second-order valence-corrected chi connectivity index (χ2v) is 7.29. The third kappa shape index (κ3) is 9.36. The lowest BCUT2D eigenvalue weighted by Gasteiger charge is -2.13. The average molecular weight is 445 g/mol. The molecule has 2 aromatic carbocycles. The van der Waals surface area contributed by atoms with E-state index < -0.39 is 0 Å². The van der Waals surface area contributed by atoms with Gasteiger partial charge in [0.1, 0.15) is 18.1 Å². The average Bonchev–Trinajstić information content (AvgIpc) is 2.78. The van der Waals surface area contributed by atoms with E-state index in [4.69, 9.17) is 26.4 Å². The third-order valence-corrected chi connectivity index (χ3v) is 4.63. The molecule has 1 amide bonds. The molecule has 0 aliphatic carbocycles. The number of para-hydroxylation sites is 1. The van der Waals surface area contributed by atoms with Crippen molar-refractivity contribution in [2.24, 2.45) is 0 Å². The van der Waals surface area contributed by atoms with Crippen molar-refractivity contribution in [2.75, 3.05) is 31.7 Å². The van der Waals surface area contributed by atoms with E-state index in [9.17, 15) is 4.79 Å². The Morgan fingerprint density at radius 3 is 2.42 bits per heavy atom. The number of unbranched alkanes of at least 4 members (excludes halogenated alkanes) is 3. The van der Waals surface area contributed by atoms with Crippen LogP contribution < -0.4 is 20.1 Å². The molecule has 0 radical (unpaired) electrons. The van der Waals surface area contributed by atoms with Gasteiger partial charge in [-0.3, -0.25) is 10.1 Å². The van der Waals surface area contributed by atoms with E-state index in [1.165, 1.54) is 19.3 Å². The van der Waals surface area contributed by atoms with Gasteiger partial charge in [-0.1, -0.05) is 38.3 Å².